The van der Waals surface area contributed by atoms with Crippen molar-refractivity contribution in [1.82, 2.24) is 0 Å². The standard InChI is InChI=1S/C12H17NO3.C6H5NO3/c1-2-3-4-7-10-16-12-9-6-5-8-11(12)13(14)15;8-6-4-2-1-3-5(6)7(9)10/h5-6,8-9H,2-4,7,10H2,1H3;1-4,8H. The number of nitro groups is 2. The Morgan fingerprint density at radius 2 is 1.46 bits per heavy atom. The van der Waals surface area contributed by atoms with Crippen LogP contribution in [0.15, 0.2) is 48.5 Å². The van der Waals surface area contributed by atoms with Crippen molar-refractivity contribution in [3.05, 3.63) is 68.8 Å². The van der Waals surface area contributed by atoms with E-state index in [-0.39, 0.29) is 17.1 Å². The molecule has 2 aromatic carbocycles. The number of rotatable bonds is 8. The van der Waals surface area contributed by atoms with Crippen molar-refractivity contribution in [3.8, 4) is 11.5 Å². The highest BCUT2D eigenvalue weighted by molar-refractivity contribution is 5.45. The van der Waals surface area contributed by atoms with E-state index < -0.39 is 9.85 Å². The molecule has 0 saturated carbocycles. The highest BCUT2D eigenvalue weighted by Gasteiger charge is 2.12. The van der Waals surface area contributed by atoms with Gasteiger partial charge in [0, 0.05) is 12.1 Å². The minimum atomic E-state index is -0.630. The number of phenols is 1. The Morgan fingerprint density at radius 1 is 0.885 bits per heavy atom. The maximum Gasteiger partial charge on any atom is 0.310 e. The smallest absolute Gasteiger partial charge is 0.310 e. The summed E-state index contributed by atoms with van der Waals surface area (Å²) in [6, 6.07) is 12.0. The van der Waals surface area contributed by atoms with E-state index in [1.807, 2.05) is 0 Å². The summed E-state index contributed by atoms with van der Waals surface area (Å²) in [6.07, 6.45) is 4.41. The molecule has 0 unspecified atom stereocenters. The lowest BCUT2D eigenvalue weighted by Gasteiger charge is -2.05. The number of nitro benzene ring substituents is 2. The first-order chi connectivity index (χ1) is 12.5. The number of hydrogen-bond donors (Lipinski definition) is 1. The van der Waals surface area contributed by atoms with Crippen LogP contribution in [0.3, 0.4) is 0 Å². The zero-order valence-corrected chi connectivity index (χ0v) is 14.5. The molecule has 1 N–H and O–H groups in total. The van der Waals surface area contributed by atoms with Crippen LogP contribution in [0.4, 0.5) is 11.4 Å². The van der Waals surface area contributed by atoms with E-state index in [9.17, 15) is 20.2 Å². The summed E-state index contributed by atoms with van der Waals surface area (Å²) < 4.78 is 5.40. The van der Waals surface area contributed by atoms with Crippen molar-refractivity contribution in [3.63, 3.8) is 0 Å². The zero-order chi connectivity index (χ0) is 19.4. The monoisotopic (exact) mass is 362 g/mol. The molecule has 0 aliphatic rings. The molecule has 0 heterocycles. The normalized spacial score (nSPS) is 9.73. The Kier molecular flexibility index (Phi) is 9.16. The Morgan fingerprint density at radius 3 is 2.00 bits per heavy atom. The van der Waals surface area contributed by atoms with E-state index in [4.69, 9.17) is 9.84 Å². The van der Waals surface area contributed by atoms with Crippen molar-refractivity contribution in [2.75, 3.05) is 6.61 Å². The van der Waals surface area contributed by atoms with Gasteiger partial charge in [-0.3, -0.25) is 20.2 Å². The molecule has 0 aliphatic heterocycles. The molecule has 0 amide bonds. The molecule has 0 atom stereocenters. The average molecular weight is 362 g/mol. The van der Waals surface area contributed by atoms with Crippen molar-refractivity contribution in [1.29, 1.82) is 0 Å². The van der Waals surface area contributed by atoms with Gasteiger partial charge in [0.15, 0.2) is 11.5 Å². The third-order valence-corrected chi connectivity index (χ3v) is 3.40. The molecule has 0 radical (unpaired) electrons. The molecule has 8 heteroatoms. The molecule has 0 saturated heterocycles. The van der Waals surface area contributed by atoms with Gasteiger partial charge >= 0.3 is 11.4 Å². The zero-order valence-electron chi connectivity index (χ0n) is 14.5. The Labute approximate surface area is 151 Å². The van der Waals surface area contributed by atoms with Crippen LogP contribution in [0.1, 0.15) is 32.6 Å². The minimum Gasteiger partial charge on any atom is -0.502 e. The fourth-order valence-electron chi connectivity index (χ4n) is 2.06. The second-order valence-electron chi connectivity index (χ2n) is 5.38. The molecule has 26 heavy (non-hydrogen) atoms. The summed E-state index contributed by atoms with van der Waals surface area (Å²) in [5.74, 6) is 0.0662. The molecular weight excluding hydrogens is 340 g/mol. The Balaban J connectivity index is 0.000000289. The number of aromatic hydroxyl groups is 1. The molecule has 2 aromatic rings. The van der Waals surface area contributed by atoms with Crippen LogP contribution in [0.2, 0.25) is 0 Å². The van der Waals surface area contributed by atoms with E-state index in [2.05, 4.69) is 6.92 Å². The second kappa shape index (κ2) is 11.4. The van der Waals surface area contributed by atoms with Crippen LogP contribution in [-0.2, 0) is 0 Å². The van der Waals surface area contributed by atoms with Crippen molar-refractivity contribution in [2.24, 2.45) is 0 Å². The largest absolute Gasteiger partial charge is 0.502 e. The minimum absolute atomic E-state index is 0.0398. The maximum atomic E-state index is 10.7. The van der Waals surface area contributed by atoms with E-state index in [0.29, 0.717) is 12.4 Å². The van der Waals surface area contributed by atoms with Gasteiger partial charge in [0.05, 0.1) is 16.5 Å². The molecule has 140 valence electrons. The van der Waals surface area contributed by atoms with Gasteiger partial charge in [-0.25, -0.2) is 0 Å². The first-order valence-electron chi connectivity index (χ1n) is 8.26. The van der Waals surface area contributed by atoms with Crippen LogP contribution in [0, 0.1) is 20.2 Å². The topological polar surface area (TPSA) is 116 Å². The SMILES string of the molecule is CCCCCCOc1ccccc1[N+](=O)[O-].O=[N+]([O-])c1ccccc1O. The fourth-order valence-corrected chi connectivity index (χ4v) is 2.06. The highest BCUT2D eigenvalue weighted by atomic mass is 16.6. The first-order valence-corrected chi connectivity index (χ1v) is 8.26. The van der Waals surface area contributed by atoms with Crippen LogP contribution < -0.4 is 4.74 Å². The van der Waals surface area contributed by atoms with Gasteiger partial charge in [0.1, 0.15) is 0 Å². The number of para-hydroxylation sites is 4. The summed E-state index contributed by atoms with van der Waals surface area (Å²) in [7, 11) is 0. The van der Waals surface area contributed by atoms with Crippen LogP contribution >= 0.6 is 0 Å². The third kappa shape index (κ3) is 7.16. The fraction of sp³-hybridized carbons (Fsp3) is 0.333. The molecule has 0 aromatic heterocycles. The van der Waals surface area contributed by atoms with Crippen LogP contribution in [0.25, 0.3) is 0 Å². The van der Waals surface area contributed by atoms with E-state index in [1.54, 1.807) is 18.2 Å². The number of phenolic OH excluding ortho intramolecular Hbond substituents is 1. The lowest BCUT2D eigenvalue weighted by Crippen LogP contribution is -2.00. The first kappa shape index (κ1) is 20.9. The number of unbranched alkanes of at least 4 members (excludes halogenated alkanes) is 3. The van der Waals surface area contributed by atoms with Gasteiger partial charge in [-0.2, -0.15) is 0 Å². The second-order valence-corrected chi connectivity index (χ2v) is 5.38. The van der Waals surface area contributed by atoms with Gasteiger partial charge in [0.2, 0.25) is 0 Å². The van der Waals surface area contributed by atoms with Crippen molar-refractivity contribution >= 4 is 11.4 Å². The highest BCUT2D eigenvalue weighted by Crippen LogP contribution is 2.26. The number of benzene rings is 2. The van der Waals surface area contributed by atoms with Crippen LogP contribution in [-0.4, -0.2) is 21.6 Å². The average Bonchev–Trinajstić information content (AvgIpc) is 2.62. The number of ether oxygens (including phenoxy) is 1. The molecule has 0 spiro atoms. The molecule has 0 fully saturated rings. The summed E-state index contributed by atoms with van der Waals surface area (Å²) in [5, 5.41) is 29.6. The quantitative estimate of drug-likeness (QED) is 0.407. The van der Waals surface area contributed by atoms with Gasteiger partial charge in [-0.1, -0.05) is 50.5 Å². The van der Waals surface area contributed by atoms with Crippen molar-refractivity contribution in [2.45, 2.75) is 32.6 Å². The summed E-state index contributed by atoms with van der Waals surface area (Å²) in [5.41, 5.74) is -0.222. The molecule has 0 aliphatic carbocycles. The maximum absolute atomic E-state index is 10.7. The van der Waals surface area contributed by atoms with Gasteiger partial charge in [-0.05, 0) is 18.6 Å². The van der Waals surface area contributed by atoms with E-state index in [1.165, 1.54) is 43.2 Å². The molecule has 8 nitrogen and oxygen atoms in total. The molecule has 2 rings (SSSR count). The summed E-state index contributed by atoms with van der Waals surface area (Å²) in [6.45, 7) is 2.69. The Hall–Kier alpha value is -3.16. The number of hydrogen-bond acceptors (Lipinski definition) is 6. The lowest BCUT2D eigenvalue weighted by atomic mass is 10.2. The van der Waals surface area contributed by atoms with Crippen molar-refractivity contribution < 1.29 is 19.7 Å². The molecular formula is C18H22N2O6. The van der Waals surface area contributed by atoms with Crippen LogP contribution in [0.5, 0.6) is 11.5 Å². The summed E-state index contributed by atoms with van der Waals surface area (Å²) >= 11 is 0. The van der Waals surface area contributed by atoms with E-state index >= 15 is 0 Å². The van der Waals surface area contributed by atoms with Gasteiger partial charge in [-0.15, -0.1) is 0 Å². The summed E-state index contributed by atoms with van der Waals surface area (Å²) in [4.78, 5) is 19.7. The predicted molar refractivity (Wildman–Crippen MR) is 97.5 cm³/mol. The third-order valence-electron chi connectivity index (χ3n) is 3.40. The lowest BCUT2D eigenvalue weighted by molar-refractivity contribution is -0.386. The van der Waals surface area contributed by atoms with Gasteiger partial charge in [0.25, 0.3) is 0 Å². The van der Waals surface area contributed by atoms with E-state index in [0.717, 1.165) is 12.8 Å². The van der Waals surface area contributed by atoms with Gasteiger partial charge < -0.3 is 9.84 Å². The predicted octanol–water partition coefficient (Wildman–Crippen LogP) is 4.85. The Bertz CT molecular complexity index is 720. The molecule has 0 bridgehead atoms. The number of nitrogens with zero attached hydrogens (tertiary/aromatic N) is 2.